The van der Waals surface area contributed by atoms with Crippen LogP contribution in [0.4, 0.5) is 5.69 Å². The molecule has 5 nitrogen and oxygen atoms in total. The monoisotopic (exact) mass is 309 g/mol. The number of fused-ring (bicyclic) bond motifs is 1. The number of imidazole rings is 1. The Morgan fingerprint density at radius 2 is 2.00 bits per heavy atom. The molecule has 0 saturated carbocycles. The van der Waals surface area contributed by atoms with Gasteiger partial charge in [-0.15, -0.1) is 0 Å². The number of nitrogens with one attached hydrogen (secondary N) is 1. The lowest BCUT2D eigenvalue weighted by atomic mass is 10.1. The molecule has 2 heterocycles. The largest absolute Gasteiger partial charge is 0.493 e. The first kappa shape index (κ1) is 15.1. The van der Waals surface area contributed by atoms with Gasteiger partial charge in [0.1, 0.15) is 5.69 Å². The zero-order chi connectivity index (χ0) is 16.6. The summed E-state index contributed by atoms with van der Waals surface area (Å²) in [7, 11) is 1.59. The molecular formula is C18H19N3O2. The van der Waals surface area contributed by atoms with Gasteiger partial charge in [-0.05, 0) is 50.1 Å². The van der Waals surface area contributed by atoms with Gasteiger partial charge in [-0.3, -0.25) is 9.20 Å². The molecule has 0 bridgehead atoms. The van der Waals surface area contributed by atoms with Gasteiger partial charge in [0.25, 0.3) is 5.91 Å². The summed E-state index contributed by atoms with van der Waals surface area (Å²) in [4.78, 5) is 17.2. The first-order chi connectivity index (χ1) is 11.0. The molecule has 0 aliphatic carbocycles. The summed E-state index contributed by atoms with van der Waals surface area (Å²) in [6.07, 6.45) is 1.82. The zero-order valence-corrected chi connectivity index (χ0v) is 13.7. The molecule has 23 heavy (non-hydrogen) atoms. The van der Waals surface area contributed by atoms with Gasteiger partial charge in [-0.25, -0.2) is 4.98 Å². The van der Waals surface area contributed by atoms with Gasteiger partial charge in [0.05, 0.1) is 12.8 Å². The maximum atomic E-state index is 12.8. The molecule has 118 valence electrons. The van der Waals surface area contributed by atoms with Crippen molar-refractivity contribution in [3.63, 3.8) is 0 Å². The molecule has 3 rings (SSSR count). The third kappa shape index (κ3) is 2.65. The maximum absolute atomic E-state index is 12.8. The third-order valence-corrected chi connectivity index (χ3v) is 3.86. The Morgan fingerprint density at radius 3 is 2.74 bits per heavy atom. The molecule has 0 fully saturated rings. The number of carbonyl (C=O) groups is 1. The number of pyridine rings is 1. The Morgan fingerprint density at radius 1 is 1.22 bits per heavy atom. The highest BCUT2D eigenvalue weighted by Crippen LogP contribution is 2.23. The van der Waals surface area contributed by atoms with Crippen LogP contribution in [0.1, 0.15) is 27.3 Å². The smallest absolute Gasteiger partial charge is 0.274 e. The Bertz CT molecular complexity index is 897. The number of aromatic nitrogens is 2. The first-order valence-corrected chi connectivity index (χ1v) is 7.41. The molecule has 0 atom stereocenters. The van der Waals surface area contributed by atoms with Gasteiger partial charge in [-0.2, -0.15) is 0 Å². The maximum Gasteiger partial charge on any atom is 0.274 e. The number of benzene rings is 1. The topological polar surface area (TPSA) is 55.6 Å². The summed E-state index contributed by atoms with van der Waals surface area (Å²) in [5, 5.41) is 2.98. The van der Waals surface area contributed by atoms with Gasteiger partial charge in [-0.1, -0.05) is 12.1 Å². The number of nitrogens with zero attached hydrogens (tertiary/aromatic N) is 2. The summed E-state index contributed by atoms with van der Waals surface area (Å²) >= 11 is 0. The second-order valence-electron chi connectivity index (χ2n) is 5.59. The van der Waals surface area contributed by atoms with Gasteiger partial charge < -0.3 is 10.1 Å². The van der Waals surface area contributed by atoms with Gasteiger partial charge in [0.2, 0.25) is 0 Å². The van der Waals surface area contributed by atoms with E-state index < -0.39 is 0 Å². The number of hydrogen-bond donors (Lipinski definition) is 1. The summed E-state index contributed by atoms with van der Waals surface area (Å²) < 4.78 is 7.07. The third-order valence-electron chi connectivity index (χ3n) is 3.86. The highest BCUT2D eigenvalue weighted by atomic mass is 16.5. The second-order valence-corrected chi connectivity index (χ2v) is 5.59. The van der Waals surface area contributed by atoms with Gasteiger partial charge in [0, 0.05) is 11.9 Å². The van der Waals surface area contributed by atoms with Crippen molar-refractivity contribution in [1.29, 1.82) is 0 Å². The minimum atomic E-state index is -0.183. The average Bonchev–Trinajstić information content (AvgIpc) is 2.86. The fourth-order valence-corrected chi connectivity index (χ4v) is 2.64. The molecule has 2 aromatic heterocycles. The average molecular weight is 309 g/mol. The lowest BCUT2D eigenvalue weighted by molar-refractivity contribution is 0.102. The van der Waals surface area contributed by atoms with Crippen LogP contribution in [-0.2, 0) is 0 Å². The minimum Gasteiger partial charge on any atom is -0.493 e. The van der Waals surface area contributed by atoms with Crippen LogP contribution in [-0.4, -0.2) is 22.4 Å². The molecule has 3 aromatic rings. The van der Waals surface area contributed by atoms with Crippen LogP contribution < -0.4 is 10.1 Å². The van der Waals surface area contributed by atoms with E-state index in [1.54, 1.807) is 11.5 Å². The van der Waals surface area contributed by atoms with E-state index in [0.717, 1.165) is 16.8 Å². The number of anilines is 1. The van der Waals surface area contributed by atoms with Crippen molar-refractivity contribution < 1.29 is 9.53 Å². The predicted octanol–water partition coefficient (Wildman–Crippen LogP) is 3.52. The van der Waals surface area contributed by atoms with E-state index in [0.29, 0.717) is 22.8 Å². The van der Waals surface area contributed by atoms with Crippen molar-refractivity contribution in [3.8, 4) is 5.75 Å². The van der Waals surface area contributed by atoms with E-state index in [9.17, 15) is 4.79 Å². The number of aryl methyl sites for hydroxylation is 3. The van der Waals surface area contributed by atoms with E-state index in [2.05, 4.69) is 10.3 Å². The Hall–Kier alpha value is -2.82. The molecule has 0 spiro atoms. The van der Waals surface area contributed by atoms with E-state index in [1.165, 1.54) is 0 Å². The number of carbonyl (C=O) groups excluding carboxylic acids is 1. The van der Waals surface area contributed by atoms with Gasteiger partial charge >= 0.3 is 0 Å². The highest BCUT2D eigenvalue weighted by Gasteiger charge is 2.19. The van der Waals surface area contributed by atoms with Crippen LogP contribution >= 0.6 is 0 Å². The number of amides is 1. The van der Waals surface area contributed by atoms with E-state index in [1.807, 2.05) is 57.3 Å². The Labute approximate surface area is 134 Å². The normalized spacial score (nSPS) is 10.8. The molecular weight excluding hydrogens is 290 g/mol. The fourth-order valence-electron chi connectivity index (χ4n) is 2.64. The quantitative estimate of drug-likeness (QED) is 0.805. The van der Waals surface area contributed by atoms with Crippen molar-refractivity contribution in [2.24, 2.45) is 0 Å². The van der Waals surface area contributed by atoms with Gasteiger partial charge in [0.15, 0.2) is 11.4 Å². The molecule has 0 aliphatic rings. The van der Waals surface area contributed by atoms with E-state index in [4.69, 9.17) is 4.74 Å². The number of rotatable bonds is 3. The standard InChI is InChI=1S/C18H19N3O2/c1-11-7-8-12(2)14(10-11)20-18(22)16-13(3)19-17-15(23-4)6-5-9-21(16)17/h5-10H,1-4H3,(H,20,22). The highest BCUT2D eigenvalue weighted by molar-refractivity contribution is 6.05. The van der Waals surface area contributed by atoms with Crippen LogP contribution in [0.3, 0.4) is 0 Å². The van der Waals surface area contributed by atoms with Crippen LogP contribution in [0.5, 0.6) is 5.75 Å². The van der Waals surface area contributed by atoms with E-state index in [-0.39, 0.29) is 5.91 Å². The van der Waals surface area contributed by atoms with Crippen molar-refractivity contribution >= 4 is 17.2 Å². The summed E-state index contributed by atoms with van der Waals surface area (Å²) in [5.74, 6) is 0.457. The second kappa shape index (κ2) is 5.76. The lowest BCUT2D eigenvalue weighted by Crippen LogP contribution is -2.16. The molecule has 0 unspecified atom stereocenters. The fraction of sp³-hybridized carbons (Fsp3) is 0.222. The van der Waals surface area contributed by atoms with E-state index >= 15 is 0 Å². The van der Waals surface area contributed by atoms with Crippen LogP contribution in [0, 0.1) is 20.8 Å². The van der Waals surface area contributed by atoms with Crippen LogP contribution in [0.25, 0.3) is 5.65 Å². The van der Waals surface area contributed by atoms with Crippen molar-refractivity contribution in [1.82, 2.24) is 9.38 Å². The predicted molar refractivity (Wildman–Crippen MR) is 90.4 cm³/mol. The molecule has 1 N–H and O–H groups in total. The van der Waals surface area contributed by atoms with Crippen molar-refractivity contribution in [2.75, 3.05) is 12.4 Å². The minimum absolute atomic E-state index is 0.183. The van der Waals surface area contributed by atoms with Crippen molar-refractivity contribution in [3.05, 3.63) is 59.0 Å². The van der Waals surface area contributed by atoms with Crippen LogP contribution in [0.2, 0.25) is 0 Å². The summed E-state index contributed by atoms with van der Waals surface area (Å²) in [6.45, 7) is 5.79. The summed E-state index contributed by atoms with van der Waals surface area (Å²) in [6, 6.07) is 9.65. The first-order valence-electron chi connectivity index (χ1n) is 7.41. The Kier molecular flexibility index (Phi) is 3.78. The molecule has 1 amide bonds. The molecule has 0 aliphatic heterocycles. The SMILES string of the molecule is COc1cccn2c(C(=O)Nc3cc(C)ccc3C)c(C)nc12. The molecule has 5 heteroatoms. The summed E-state index contributed by atoms with van der Waals surface area (Å²) in [5.41, 5.74) is 4.75. The molecule has 0 saturated heterocycles. The zero-order valence-electron chi connectivity index (χ0n) is 13.7. The molecule has 1 aromatic carbocycles. The lowest BCUT2D eigenvalue weighted by Gasteiger charge is -2.10. The van der Waals surface area contributed by atoms with Crippen LogP contribution in [0.15, 0.2) is 36.5 Å². The number of hydrogen-bond acceptors (Lipinski definition) is 3. The number of methoxy groups -OCH3 is 1. The molecule has 0 radical (unpaired) electrons. The van der Waals surface area contributed by atoms with Crippen molar-refractivity contribution in [2.45, 2.75) is 20.8 Å². The Balaban J connectivity index is 2.04. The number of ether oxygens (including phenoxy) is 1.